The summed E-state index contributed by atoms with van der Waals surface area (Å²) in [5.74, 6) is -0.510. The molecule has 3 aliphatic heterocycles. The summed E-state index contributed by atoms with van der Waals surface area (Å²) >= 11 is 0. The van der Waals surface area contributed by atoms with E-state index in [1.54, 1.807) is 4.90 Å². The molecule has 1 aromatic heterocycles. The van der Waals surface area contributed by atoms with E-state index in [2.05, 4.69) is 4.98 Å². The second-order valence-corrected chi connectivity index (χ2v) is 7.81. The van der Waals surface area contributed by atoms with E-state index in [0.29, 0.717) is 56.0 Å². The maximum absolute atomic E-state index is 13.7. The zero-order valence-electron chi connectivity index (χ0n) is 15.6. The average molecular weight is 400 g/mol. The van der Waals surface area contributed by atoms with Crippen LogP contribution in [0.3, 0.4) is 0 Å². The van der Waals surface area contributed by atoms with Crippen LogP contribution in [0.4, 0.5) is 19.0 Å². The van der Waals surface area contributed by atoms with Crippen molar-refractivity contribution in [1.82, 2.24) is 9.88 Å². The fourth-order valence-electron chi connectivity index (χ4n) is 4.66. The predicted molar refractivity (Wildman–Crippen MR) is 101 cm³/mol. The highest BCUT2D eigenvalue weighted by Crippen LogP contribution is 2.44. The number of halogens is 3. The number of pyridine rings is 1. The Morgan fingerprint density at radius 2 is 1.72 bits per heavy atom. The molecule has 1 spiro atoms. The Morgan fingerprint density at radius 1 is 1.00 bits per heavy atom. The van der Waals surface area contributed by atoms with Gasteiger partial charge in [-0.3, -0.25) is 14.7 Å². The largest absolute Gasteiger partial charge is 0.356 e. The first-order chi connectivity index (χ1) is 13.9. The van der Waals surface area contributed by atoms with Crippen LogP contribution in [0.2, 0.25) is 0 Å². The van der Waals surface area contributed by atoms with E-state index in [4.69, 9.17) is 4.99 Å². The molecule has 2 aromatic rings. The average Bonchev–Trinajstić information content (AvgIpc) is 3.20. The van der Waals surface area contributed by atoms with E-state index in [0.717, 1.165) is 6.07 Å². The highest BCUT2D eigenvalue weighted by atomic mass is 19.1. The number of carbonyl (C=O) groups excluding carboxylic acids is 1. The van der Waals surface area contributed by atoms with Gasteiger partial charge in [0.25, 0.3) is 5.91 Å². The SMILES string of the molecule is O=C1N2C(=NC13CCN(c1cc(F)ccn1)CC3)CCC2c1cc(F)cc(F)c1. The van der Waals surface area contributed by atoms with E-state index < -0.39 is 23.2 Å². The first-order valence-corrected chi connectivity index (χ1v) is 9.70. The number of hydrogen-bond acceptors (Lipinski definition) is 4. The minimum absolute atomic E-state index is 0.105. The van der Waals surface area contributed by atoms with Gasteiger partial charge in [-0.05, 0) is 43.0 Å². The van der Waals surface area contributed by atoms with Gasteiger partial charge < -0.3 is 4.90 Å². The van der Waals surface area contributed by atoms with E-state index in [1.807, 2.05) is 4.90 Å². The standard InChI is InChI=1S/C21H19F3N4O/c22-14-3-6-25-19(12-14)27-7-4-21(5-8-27)20(29)28-17(1-2-18(28)26-21)13-9-15(23)11-16(24)10-13/h3,6,9-12,17H,1-2,4-5,7-8H2. The number of benzene rings is 1. The third-order valence-corrected chi connectivity index (χ3v) is 6.08. The molecule has 1 amide bonds. The van der Waals surface area contributed by atoms with Crippen molar-refractivity contribution in [3.63, 3.8) is 0 Å². The van der Waals surface area contributed by atoms with E-state index in [9.17, 15) is 18.0 Å². The molecule has 2 saturated heterocycles. The lowest BCUT2D eigenvalue weighted by Gasteiger charge is -2.37. The molecule has 3 aliphatic rings. The van der Waals surface area contributed by atoms with Gasteiger partial charge in [0.2, 0.25) is 0 Å². The molecule has 1 aromatic carbocycles. The molecule has 0 bridgehead atoms. The normalized spacial score (nSPS) is 22.9. The Balaban J connectivity index is 1.37. The lowest BCUT2D eigenvalue weighted by Crippen LogP contribution is -2.50. The molecule has 0 radical (unpaired) electrons. The molecule has 4 heterocycles. The van der Waals surface area contributed by atoms with Crippen LogP contribution in [0, 0.1) is 17.5 Å². The molecule has 8 heteroatoms. The first kappa shape index (κ1) is 18.1. The summed E-state index contributed by atoms with van der Waals surface area (Å²) in [6, 6.07) is 5.68. The highest BCUT2D eigenvalue weighted by Gasteiger charge is 2.53. The van der Waals surface area contributed by atoms with Crippen LogP contribution in [-0.2, 0) is 4.79 Å². The number of amides is 1. The number of aromatic nitrogens is 1. The van der Waals surface area contributed by atoms with Gasteiger partial charge in [-0.2, -0.15) is 0 Å². The van der Waals surface area contributed by atoms with Crippen molar-refractivity contribution < 1.29 is 18.0 Å². The van der Waals surface area contributed by atoms with Crippen molar-refractivity contribution in [2.75, 3.05) is 18.0 Å². The fourth-order valence-corrected chi connectivity index (χ4v) is 4.66. The van der Waals surface area contributed by atoms with E-state index in [-0.39, 0.29) is 11.7 Å². The summed E-state index contributed by atoms with van der Waals surface area (Å²) < 4.78 is 40.9. The zero-order valence-corrected chi connectivity index (χ0v) is 15.6. The fraction of sp³-hybridized carbons (Fsp3) is 0.381. The number of carbonyl (C=O) groups is 1. The minimum atomic E-state index is -0.844. The topological polar surface area (TPSA) is 48.8 Å². The number of hydrogen-bond donors (Lipinski definition) is 0. The van der Waals surface area contributed by atoms with Gasteiger partial charge in [0.05, 0.1) is 6.04 Å². The Hall–Kier alpha value is -2.90. The molecule has 150 valence electrons. The first-order valence-electron chi connectivity index (χ1n) is 9.70. The lowest BCUT2D eigenvalue weighted by molar-refractivity contribution is -0.133. The smallest absolute Gasteiger partial charge is 0.256 e. The molecule has 0 N–H and O–H groups in total. The maximum Gasteiger partial charge on any atom is 0.256 e. The minimum Gasteiger partial charge on any atom is -0.356 e. The third-order valence-electron chi connectivity index (χ3n) is 6.08. The van der Waals surface area contributed by atoms with Gasteiger partial charge in [-0.25, -0.2) is 18.2 Å². The highest BCUT2D eigenvalue weighted by molar-refractivity contribution is 6.10. The van der Waals surface area contributed by atoms with Crippen molar-refractivity contribution >= 4 is 17.6 Å². The predicted octanol–water partition coefficient (Wildman–Crippen LogP) is 3.61. The summed E-state index contributed by atoms with van der Waals surface area (Å²) in [7, 11) is 0. The molecule has 1 atom stereocenters. The van der Waals surface area contributed by atoms with Gasteiger partial charge in [0.1, 0.15) is 34.6 Å². The molecule has 0 saturated carbocycles. The molecule has 5 nitrogen and oxygen atoms in total. The van der Waals surface area contributed by atoms with Crippen molar-refractivity contribution in [3.05, 3.63) is 59.5 Å². The molecular formula is C21H19F3N4O. The van der Waals surface area contributed by atoms with Gasteiger partial charge in [0.15, 0.2) is 0 Å². The summed E-state index contributed by atoms with van der Waals surface area (Å²) in [4.78, 5) is 25.9. The molecule has 5 rings (SSSR count). The monoisotopic (exact) mass is 400 g/mol. The number of amidine groups is 1. The molecule has 2 fully saturated rings. The summed E-state index contributed by atoms with van der Waals surface area (Å²) in [5.41, 5.74) is -0.386. The summed E-state index contributed by atoms with van der Waals surface area (Å²) in [5, 5.41) is 0. The van der Waals surface area contributed by atoms with Gasteiger partial charge in [-0.1, -0.05) is 0 Å². The molecular weight excluding hydrogens is 381 g/mol. The van der Waals surface area contributed by atoms with Crippen LogP contribution < -0.4 is 4.90 Å². The van der Waals surface area contributed by atoms with Crippen LogP contribution in [-0.4, -0.2) is 40.3 Å². The molecule has 1 unspecified atom stereocenters. The number of aliphatic imine (C=N–C) groups is 1. The van der Waals surface area contributed by atoms with Crippen molar-refractivity contribution in [2.24, 2.45) is 4.99 Å². The van der Waals surface area contributed by atoms with Crippen LogP contribution >= 0.6 is 0 Å². The zero-order chi connectivity index (χ0) is 20.2. The van der Waals surface area contributed by atoms with Crippen molar-refractivity contribution in [3.8, 4) is 0 Å². The summed E-state index contributed by atoms with van der Waals surface area (Å²) in [6.07, 6.45) is 3.62. The number of anilines is 1. The van der Waals surface area contributed by atoms with Crippen LogP contribution in [0.25, 0.3) is 0 Å². The van der Waals surface area contributed by atoms with E-state index in [1.165, 1.54) is 30.5 Å². The Kier molecular flexibility index (Phi) is 4.11. The quantitative estimate of drug-likeness (QED) is 0.774. The van der Waals surface area contributed by atoms with Gasteiger partial charge in [0, 0.05) is 37.8 Å². The molecule has 29 heavy (non-hydrogen) atoms. The van der Waals surface area contributed by atoms with Crippen molar-refractivity contribution in [2.45, 2.75) is 37.3 Å². The maximum atomic E-state index is 13.7. The number of nitrogens with zero attached hydrogens (tertiary/aromatic N) is 4. The number of rotatable bonds is 2. The Bertz CT molecular complexity index is 996. The number of piperidine rings is 1. The summed E-state index contributed by atoms with van der Waals surface area (Å²) in [6.45, 7) is 1.07. The van der Waals surface area contributed by atoms with Crippen molar-refractivity contribution in [1.29, 1.82) is 0 Å². The van der Waals surface area contributed by atoms with Gasteiger partial charge in [-0.15, -0.1) is 0 Å². The van der Waals surface area contributed by atoms with Gasteiger partial charge >= 0.3 is 0 Å². The van der Waals surface area contributed by atoms with Crippen LogP contribution in [0.5, 0.6) is 0 Å². The Labute approximate surface area is 165 Å². The molecule has 0 aliphatic carbocycles. The third kappa shape index (κ3) is 2.97. The second kappa shape index (κ2) is 6.57. The lowest BCUT2D eigenvalue weighted by atomic mass is 9.87. The Morgan fingerprint density at radius 3 is 2.41 bits per heavy atom. The van der Waals surface area contributed by atoms with Crippen LogP contribution in [0.15, 0.2) is 41.5 Å². The second-order valence-electron chi connectivity index (χ2n) is 7.81. The van der Waals surface area contributed by atoms with Crippen LogP contribution in [0.1, 0.15) is 37.3 Å². The van der Waals surface area contributed by atoms with E-state index >= 15 is 0 Å². The number of fused-ring (bicyclic) bond motifs is 1.